The predicted molar refractivity (Wildman–Crippen MR) is 52.3 cm³/mol. The zero-order valence-electron chi connectivity index (χ0n) is 9.21. The van der Waals surface area contributed by atoms with Crippen LogP contribution in [0.1, 0.15) is 0 Å². The first-order chi connectivity index (χ1) is 8.15. The van der Waals surface area contributed by atoms with E-state index in [-0.39, 0.29) is 13.2 Å². The van der Waals surface area contributed by atoms with Crippen LogP contribution in [0, 0.1) is 17.6 Å². The van der Waals surface area contributed by atoms with Crippen LogP contribution in [0.4, 0.5) is 13.2 Å². The first-order valence-corrected chi connectivity index (χ1v) is 4.86. The van der Waals surface area contributed by atoms with Crippen molar-refractivity contribution in [1.82, 2.24) is 4.98 Å². The lowest BCUT2D eigenvalue weighted by molar-refractivity contribution is 0.0527. The molecule has 1 heterocycles. The van der Waals surface area contributed by atoms with Crippen LogP contribution in [-0.4, -0.2) is 38.5 Å². The molecule has 0 saturated carbocycles. The lowest BCUT2D eigenvalue weighted by Gasteiger charge is -2.07. The predicted octanol–water partition coefficient (Wildman–Crippen LogP) is 1.54. The van der Waals surface area contributed by atoms with E-state index < -0.39 is 23.5 Å². The van der Waals surface area contributed by atoms with Gasteiger partial charge in [0.15, 0.2) is 11.6 Å². The molecule has 0 aliphatic heterocycles. The summed E-state index contributed by atoms with van der Waals surface area (Å²) in [5, 5.41) is 0. The Morgan fingerprint density at radius 3 is 2.47 bits per heavy atom. The highest BCUT2D eigenvalue weighted by Gasteiger charge is 2.12. The van der Waals surface area contributed by atoms with Crippen molar-refractivity contribution in [3.8, 4) is 5.88 Å². The Labute approximate surface area is 96.3 Å². The molecule has 0 unspecified atom stereocenters. The SMILES string of the molecule is COCCOCCOc1nc(F)c(F)cc1F. The standard InChI is InChI=1S/C10H12F3NO3/c1-15-2-3-16-4-5-17-10-8(12)6-7(11)9(13)14-10/h6H,2-5H2,1H3. The summed E-state index contributed by atoms with van der Waals surface area (Å²) in [6, 6.07) is 0.378. The number of aromatic nitrogens is 1. The van der Waals surface area contributed by atoms with Gasteiger partial charge in [0, 0.05) is 13.2 Å². The average molecular weight is 251 g/mol. The van der Waals surface area contributed by atoms with E-state index in [1.807, 2.05) is 0 Å². The first-order valence-electron chi connectivity index (χ1n) is 4.86. The molecule has 0 bridgehead atoms. The number of hydrogen-bond donors (Lipinski definition) is 0. The Morgan fingerprint density at radius 2 is 1.76 bits per heavy atom. The summed E-state index contributed by atoms with van der Waals surface area (Å²) in [7, 11) is 1.53. The summed E-state index contributed by atoms with van der Waals surface area (Å²) in [6.45, 7) is 0.952. The molecule has 0 atom stereocenters. The smallest absolute Gasteiger partial charge is 0.253 e. The number of methoxy groups -OCH3 is 1. The van der Waals surface area contributed by atoms with Crippen LogP contribution in [0.3, 0.4) is 0 Å². The summed E-state index contributed by atoms with van der Waals surface area (Å²) in [4.78, 5) is 2.99. The number of pyridine rings is 1. The van der Waals surface area contributed by atoms with Gasteiger partial charge in [0.05, 0.1) is 19.8 Å². The van der Waals surface area contributed by atoms with E-state index in [9.17, 15) is 13.2 Å². The van der Waals surface area contributed by atoms with Crippen molar-refractivity contribution in [1.29, 1.82) is 0 Å². The van der Waals surface area contributed by atoms with E-state index in [0.29, 0.717) is 19.3 Å². The van der Waals surface area contributed by atoms with Crippen molar-refractivity contribution in [2.45, 2.75) is 0 Å². The average Bonchev–Trinajstić information content (AvgIpc) is 2.30. The molecule has 1 aromatic rings. The monoisotopic (exact) mass is 251 g/mol. The molecule has 96 valence electrons. The number of rotatable bonds is 7. The molecule has 0 aromatic carbocycles. The van der Waals surface area contributed by atoms with Gasteiger partial charge in [-0.25, -0.2) is 8.78 Å². The van der Waals surface area contributed by atoms with Crippen molar-refractivity contribution in [3.05, 3.63) is 23.6 Å². The van der Waals surface area contributed by atoms with E-state index in [2.05, 4.69) is 4.98 Å². The Hall–Kier alpha value is -1.34. The third-order valence-electron chi connectivity index (χ3n) is 1.75. The van der Waals surface area contributed by atoms with E-state index in [4.69, 9.17) is 14.2 Å². The molecule has 0 amide bonds. The van der Waals surface area contributed by atoms with Crippen LogP contribution in [0.5, 0.6) is 5.88 Å². The molecule has 0 saturated heterocycles. The molecule has 0 aliphatic carbocycles. The van der Waals surface area contributed by atoms with Crippen LogP contribution in [0.2, 0.25) is 0 Å². The second-order valence-corrected chi connectivity index (χ2v) is 3.00. The van der Waals surface area contributed by atoms with E-state index in [1.54, 1.807) is 0 Å². The summed E-state index contributed by atoms with van der Waals surface area (Å²) in [5.41, 5.74) is 0. The molecule has 0 spiro atoms. The molecule has 4 nitrogen and oxygen atoms in total. The third kappa shape index (κ3) is 4.58. The normalized spacial score (nSPS) is 10.6. The van der Waals surface area contributed by atoms with Gasteiger partial charge in [-0.1, -0.05) is 0 Å². The van der Waals surface area contributed by atoms with Gasteiger partial charge in [-0.2, -0.15) is 9.37 Å². The van der Waals surface area contributed by atoms with Gasteiger partial charge in [0.25, 0.3) is 11.8 Å². The second-order valence-electron chi connectivity index (χ2n) is 3.00. The van der Waals surface area contributed by atoms with Gasteiger partial charge in [-0.3, -0.25) is 0 Å². The van der Waals surface area contributed by atoms with Crippen LogP contribution in [0.15, 0.2) is 6.07 Å². The maximum atomic E-state index is 13.0. The Morgan fingerprint density at radius 1 is 1.06 bits per heavy atom. The fourth-order valence-corrected chi connectivity index (χ4v) is 0.971. The van der Waals surface area contributed by atoms with Gasteiger partial charge in [0.1, 0.15) is 6.61 Å². The van der Waals surface area contributed by atoms with Crippen LogP contribution in [-0.2, 0) is 9.47 Å². The minimum atomic E-state index is -1.40. The fraction of sp³-hybridized carbons (Fsp3) is 0.500. The maximum Gasteiger partial charge on any atom is 0.253 e. The Balaban J connectivity index is 2.34. The molecule has 1 aromatic heterocycles. The van der Waals surface area contributed by atoms with Crippen LogP contribution in [0.25, 0.3) is 0 Å². The summed E-state index contributed by atoms with van der Waals surface area (Å²) < 4.78 is 52.7. The van der Waals surface area contributed by atoms with E-state index in [0.717, 1.165) is 0 Å². The molecule has 7 heteroatoms. The quantitative estimate of drug-likeness (QED) is 0.544. The first kappa shape index (κ1) is 13.7. The van der Waals surface area contributed by atoms with Gasteiger partial charge in [0.2, 0.25) is 0 Å². The lowest BCUT2D eigenvalue weighted by Crippen LogP contribution is -2.11. The lowest BCUT2D eigenvalue weighted by atomic mass is 10.4. The number of halogens is 3. The highest BCUT2D eigenvalue weighted by atomic mass is 19.2. The highest BCUT2D eigenvalue weighted by molar-refractivity contribution is 5.14. The largest absolute Gasteiger partial charge is 0.473 e. The molecule has 0 fully saturated rings. The Kier molecular flexibility index (Phi) is 5.71. The van der Waals surface area contributed by atoms with Gasteiger partial charge in [-0.05, 0) is 0 Å². The van der Waals surface area contributed by atoms with Gasteiger partial charge < -0.3 is 14.2 Å². The molecular weight excluding hydrogens is 239 g/mol. The van der Waals surface area contributed by atoms with Crippen LogP contribution >= 0.6 is 0 Å². The molecule has 1 rings (SSSR count). The third-order valence-corrected chi connectivity index (χ3v) is 1.75. The van der Waals surface area contributed by atoms with Gasteiger partial charge in [-0.15, -0.1) is 0 Å². The molecule has 0 aliphatic rings. The second kappa shape index (κ2) is 7.08. The topological polar surface area (TPSA) is 40.6 Å². The number of hydrogen-bond acceptors (Lipinski definition) is 4. The summed E-state index contributed by atoms with van der Waals surface area (Å²) in [5.74, 6) is -4.40. The molecular formula is C10H12F3NO3. The van der Waals surface area contributed by atoms with Crippen molar-refractivity contribution in [2.24, 2.45) is 0 Å². The highest BCUT2D eigenvalue weighted by Crippen LogP contribution is 2.16. The van der Waals surface area contributed by atoms with E-state index in [1.165, 1.54) is 7.11 Å². The Bertz CT molecular complexity index is 363. The zero-order chi connectivity index (χ0) is 12.7. The van der Waals surface area contributed by atoms with Crippen molar-refractivity contribution in [3.63, 3.8) is 0 Å². The zero-order valence-corrected chi connectivity index (χ0v) is 9.21. The summed E-state index contributed by atoms with van der Waals surface area (Å²) in [6.07, 6.45) is 0. The maximum absolute atomic E-state index is 13.0. The summed E-state index contributed by atoms with van der Waals surface area (Å²) >= 11 is 0. The molecule has 0 N–H and O–H groups in total. The van der Waals surface area contributed by atoms with Crippen molar-refractivity contribution >= 4 is 0 Å². The minimum Gasteiger partial charge on any atom is -0.473 e. The molecule has 0 radical (unpaired) electrons. The number of ether oxygens (including phenoxy) is 3. The fourth-order valence-electron chi connectivity index (χ4n) is 0.971. The van der Waals surface area contributed by atoms with Crippen molar-refractivity contribution < 1.29 is 27.4 Å². The number of nitrogens with zero attached hydrogens (tertiary/aromatic N) is 1. The van der Waals surface area contributed by atoms with Gasteiger partial charge >= 0.3 is 0 Å². The van der Waals surface area contributed by atoms with Crippen LogP contribution < -0.4 is 4.74 Å². The molecule has 17 heavy (non-hydrogen) atoms. The van der Waals surface area contributed by atoms with Crippen molar-refractivity contribution in [2.75, 3.05) is 33.5 Å². The minimum absolute atomic E-state index is 0.0152. The van der Waals surface area contributed by atoms with E-state index >= 15 is 0 Å².